The van der Waals surface area contributed by atoms with Gasteiger partial charge in [-0.3, -0.25) is 4.79 Å². The van der Waals surface area contributed by atoms with Crippen molar-refractivity contribution in [2.75, 3.05) is 4.90 Å². The zero-order valence-corrected chi connectivity index (χ0v) is 17.6. The maximum atomic E-state index is 13.1. The molecule has 1 aromatic heterocycles. The predicted molar refractivity (Wildman–Crippen MR) is 125 cm³/mol. The second-order valence-corrected chi connectivity index (χ2v) is 7.97. The molecular weight excluding hydrogens is 422 g/mol. The Balaban J connectivity index is 1.41. The third kappa shape index (κ3) is 3.91. The van der Waals surface area contributed by atoms with E-state index in [1.165, 1.54) is 16.2 Å². The molecule has 1 aliphatic heterocycles. The minimum absolute atomic E-state index is 0.193. The van der Waals surface area contributed by atoms with E-state index in [-0.39, 0.29) is 17.3 Å². The Kier molecular flexibility index (Phi) is 5.27. The summed E-state index contributed by atoms with van der Waals surface area (Å²) in [6.07, 6.45) is 1.15. The van der Waals surface area contributed by atoms with Crippen LogP contribution in [-0.2, 0) is 0 Å². The highest BCUT2D eigenvalue weighted by Crippen LogP contribution is 2.36. The van der Waals surface area contributed by atoms with Gasteiger partial charge in [0, 0.05) is 17.0 Å². The number of carbonyl (C=O) groups excluding carboxylic acids is 2. The molecule has 0 bridgehead atoms. The van der Waals surface area contributed by atoms with Crippen LogP contribution in [0.4, 0.5) is 16.2 Å². The molecule has 1 amide bonds. The Morgan fingerprint density at radius 2 is 1.56 bits per heavy atom. The first-order valence-corrected chi connectivity index (χ1v) is 10.8. The summed E-state index contributed by atoms with van der Waals surface area (Å²) in [6.45, 7) is 0. The number of thiophene rings is 1. The number of Topliss-reactive ketones (excluding diaryl/α,β-unsaturated/α-hetero) is 1. The highest BCUT2D eigenvalue weighted by atomic mass is 32.1. The average Bonchev–Trinajstić information content (AvgIpc) is 3.43. The molecule has 0 aliphatic carbocycles. The quantitative estimate of drug-likeness (QED) is 0.332. The first-order valence-electron chi connectivity index (χ1n) is 9.93. The van der Waals surface area contributed by atoms with E-state index in [1.807, 2.05) is 78.2 Å². The largest absolute Gasteiger partial charge is 0.452 e. The van der Waals surface area contributed by atoms with Gasteiger partial charge in [0.05, 0.1) is 16.9 Å². The van der Waals surface area contributed by atoms with Crippen molar-refractivity contribution in [1.82, 2.24) is 0 Å². The van der Waals surface area contributed by atoms with Crippen LogP contribution >= 0.6 is 11.3 Å². The monoisotopic (exact) mass is 439 g/mol. The van der Waals surface area contributed by atoms with E-state index < -0.39 is 6.09 Å². The molecule has 0 saturated heterocycles. The van der Waals surface area contributed by atoms with Gasteiger partial charge >= 0.3 is 6.09 Å². The fourth-order valence-corrected chi connectivity index (χ4v) is 4.04. The Morgan fingerprint density at radius 1 is 0.875 bits per heavy atom. The number of anilines is 2. The van der Waals surface area contributed by atoms with E-state index in [0.717, 1.165) is 4.88 Å². The number of ketones is 1. The predicted octanol–water partition coefficient (Wildman–Crippen LogP) is 6.70. The number of allylic oxidation sites excluding steroid dienone is 1. The average molecular weight is 439 g/mol. The van der Waals surface area contributed by atoms with E-state index in [9.17, 15) is 9.59 Å². The number of fused-ring (bicyclic) bond motifs is 1. The molecule has 0 unspecified atom stereocenters. The van der Waals surface area contributed by atoms with Crippen LogP contribution in [-0.4, -0.2) is 11.9 Å². The van der Waals surface area contributed by atoms with Crippen molar-refractivity contribution in [1.29, 1.82) is 0 Å². The van der Waals surface area contributed by atoms with E-state index in [2.05, 4.69) is 0 Å². The zero-order valence-electron chi connectivity index (χ0n) is 16.8. The first-order chi connectivity index (χ1) is 15.7. The lowest BCUT2D eigenvalue weighted by Crippen LogP contribution is -2.29. The van der Waals surface area contributed by atoms with Gasteiger partial charge in [0.15, 0.2) is 5.76 Å². The van der Waals surface area contributed by atoms with Crippen molar-refractivity contribution in [2.24, 2.45) is 0 Å². The molecule has 0 fully saturated rings. The molecule has 156 valence electrons. The minimum atomic E-state index is -0.568. The Hall–Kier alpha value is -4.16. The summed E-state index contributed by atoms with van der Waals surface area (Å²) in [6, 6.07) is 27.1. The lowest BCUT2D eigenvalue weighted by atomic mass is 10.1. The summed E-state index contributed by atoms with van der Waals surface area (Å²) in [5.74, 6) is 0.715. The molecular formula is C26H17NO4S. The van der Waals surface area contributed by atoms with Crippen molar-refractivity contribution in [2.45, 2.75) is 0 Å². The normalized spacial score (nSPS) is 13.5. The molecule has 1 aliphatic rings. The van der Waals surface area contributed by atoms with Crippen LogP contribution in [0.15, 0.2) is 102 Å². The van der Waals surface area contributed by atoms with Crippen LogP contribution in [0.5, 0.6) is 11.5 Å². The number of hydrogen-bond acceptors (Lipinski definition) is 5. The smallest absolute Gasteiger partial charge is 0.424 e. The highest BCUT2D eigenvalue weighted by molar-refractivity contribution is 7.10. The van der Waals surface area contributed by atoms with Crippen LogP contribution in [0.3, 0.4) is 0 Å². The summed E-state index contributed by atoms with van der Waals surface area (Å²) in [5, 5.41) is 1.93. The molecule has 3 aromatic carbocycles. The highest BCUT2D eigenvalue weighted by Gasteiger charge is 2.29. The van der Waals surface area contributed by atoms with E-state index in [0.29, 0.717) is 22.7 Å². The Bertz CT molecular complexity index is 1260. The minimum Gasteiger partial charge on any atom is -0.452 e. The first kappa shape index (κ1) is 19.8. The van der Waals surface area contributed by atoms with Gasteiger partial charge in [-0.05, 0) is 47.8 Å². The number of benzene rings is 3. The van der Waals surface area contributed by atoms with Crippen molar-refractivity contribution < 1.29 is 19.1 Å². The fourth-order valence-electron chi connectivity index (χ4n) is 3.39. The van der Waals surface area contributed by atoms with Gasteiger partial charge < -0.3 is 9.47 Å². The van der Waals surface area contributed by atoms with E-state index in [1.54, 1.807) is 24.3 Å². The lowest BCUT2D eigenvalue weighted by molar-refractivity contribution is 0.101. The summed E-state index contributed by atoms with van der Waals surface area (Å²) >= 11 is 1.52. The SMILES string of the molecule is O=C1C(=Cc2cccs2)Oc2cc(OC(=O)N(c3ccccc3)c3ccccc3)ccc21. The second kappa shape index (κ2) is 8.53. The molecule has 0 N–H and O–H groups in total. The van der Waals surface area contributed by atoms with Gasteiger partial charge in [-0.1, -0.05) is 42.5 Å². The summed E-state index contributed by atoms with van der Waals surface area (Å²) < 4.78 is 11.4. The zero-order chi connectivity index (χ0) is 21.9. The number of para-hydroxylation sites is 2. The van der Waals surface area contributed by atoms with Crippen LogP contribution < -0.4 is 14.4 Å². The second-order valence-electron chi connectivity index (χ2n) is 6.99. The third-order valence-electron chi connectivity index (χ3n) is 4.87. The number of ether oxygens (including phenoxy) is 2. The van der Waals surface area contributed by atoms with Crippen molar-refractivity contribution >= 4 is 40.7 Å². The van der Waals surface area contributed by atoms with E-state index >= 15 is 0 Å². The summed E-state index contributed by atoms with van der Waals surface area (Å²) in [4.78, 5) is 28.2. The molecule has 2 heterocycles. The third-order valence-corrected chi connectivity index (χ3v) is 5.69. The number of rotatable bonds is 4. The van der Waals surface area contributed by atoms with Crippen LogP contribution in [0.1, 0.15) is 15.2 Å². The number of carbonyl (C=O) groups is 2. The number of amides is 1. The van der Waals surface area contributed by atoms with E-state index in [4.69, 9.17) is 9.47 Å². The summed E-state index contributed by atoms with van der Waals surface area (Å²) in [5.41, 5.74) is 1.80. The molecule has 0 spiro atoms. The van der Waals surface area contributed by atoms with Gasteiger partial charge in [-0.15, -0.1) is 11.3 Å². The van der Waals surface area contributed by atoms with Crippen molar-refractivity contribution in [3.63, 3.8) is 0 Å². The van der Waals surface area contributed by atoms with Crippen LogP contribution in [0.25, 0.3) is 6.08 Å². The molecule has 32 heavy (non-hydrogen) atoms. The fraction of sp³-hybridized carbons (Fsp3) is 0. The van der Waals surface area contributed by atoms with Gasteiger partial charge in [0.2, 0.25) is 5.78 Å². The van der Waals surface area contributed by atoms with Gasteiger partial charge in [-0.25, -0.2) is 9.69 Å². The van der Waals surface area contributed by atoms with Gasteiger partial charge in [0.25, 0.3) is 0 Å². The number of hydrogen-bond donors (Lipinski definition) is 0. The molecule has 0 atom stereocenters. The lowest BCUT2D eigenvalue weighted by Gasteiger charge is -2.22. The maximum absolute atomic E-state index is 13.1. The molecule has 5 nitrogen and oxygen atoms in total. The number of nitrogens with zero attached hydrogens (tertiary/aromatic N) is 1. The van der Waals surface area contributed by atoms with Crippen LogP contribution in [0, 0.1) is 0 Å². The topological polar surface area (TPSA) is 55.8 Å². The maximum Gasteiger partial charge on any atom is 0.424 e. The van der Waals surface area contributed by atoms with Gasteiger partial charge in [-0.2, -0.15) is 0 Å². The Morgan fingerprint density at radius 3 is 2.19 bits per heavy atom. The standard InChI is InChI=1S/C26H17NO4S/c28-25-22-14-13-20(16-23(22)31-24(25)17-21-12-7-15-32-21)30-26(29)27(18-8-3-1-4-9-18)19-10-5-2-6-11-19/h1-17H. The molecule has 0 saturated carbocycles. The molecule has 4 aromatic rings. The summed E-state index contributed by atoms with van der Waals surface area (Å²) in [7, 11) is 0. The van der Waals surface area contributed by atoms with Crippen molar-refractivity contribution in [3.8, 4) is 11.5 Å². The van der Waals surface area contributed by atoms with Crippen LogP contribution in [0.2, 0.25) is 0 Å². The molecule has 6 heteroatoms. The molecule has 0 radical (unpaired) electrons. The van der Waals surface area contributed by atoms with Gasteiger partial charge in [0.1, 0.15) is 11.5 Å². The Labute approximate surface area is 188 Å². The van der Waals surface area contributed by atoms with Crippen molar-refractivity contribution in [3.05, 3.63) is 113 Å². The molecule has 5 rings (SSSR count).